The average Bonchev–Trinajstić information content (AvgIpc) is 2.45. The van der Waals surface area contributed by atoms with E-state index in [0.717, 1.165) is 0 Å². The van der Waals surface area contributed by atoms with Crippen LogP contribution in [0.1, 0.15) is 23.7 Å². The first-order chi connectivity index (χ1) is 10.7. The summed E-state index contributed by atoms with van der Waals surface area (Å²) in [6, 6.07) is -1.65. The van der Waals surface area contributed by atoms with E-state index < -0.39 is 59.1 Å². The molecule has 0 saturated carbocycles. The second kappa shape index (κ2) is 7.47. The lowest BCUT2D eigenvalue weighted by atomic mass is 10.1. The molecule has 1 amide bonds. The van der Waals surface area contributed by atoms with Crippen molar-refractivity contribution in [2.24, 2.45) is 0 Å². The number of rotatable bonds is 7. The third kappa shape index (κ3) is 4.34. The van der Waals surface area contributed by atoms with Gasteiger partial charge in [0.2, 0.25) is 5.82 Å². The monoisotopic (exact) mass is 335 g/mol. The molecule has 0 fully saturated rings. The van der Waals surface area contributed by atoms with Gasteiger partial charge in [0.05, 0.1) is 18.6 Å². The molecule has 1 atom stereocenters. The summed E-state index contributed by atoms with van der Waals surface area (Å²) >= 11 is 0. The van der Waals surface area contributed by atoms with E-state index in [0.29, 0.717) is 0 Å². The minimum Gasteiger partial charge on any atom is -0.488 e. The van der Waals surface area contributed by atoms with Gasteiger partial charge in [0.25, 0.3) is 5.91 Å². The highest BCUT2D eigenvalue weighted by atomic mass is 19.2. The number of carbonyl (C=O) groups is 3. The molecular weight excluding hydrogens is 323 g/mol. The highest BCUT2D eigenvalue weighted by Gasteiger charge is 2.28. The van der Waals surface area contributed by atoms with E-state index in [4.69, 9.17) is 10.2 Å². The van der Waals surface area contributed by atoms with Crippen LogP contribution < -0.4 is 10.1 Å². The Hall–Kier alpha value is -2.78. The highest BCUT2D eigenvalue weighted by Crippen LogP contribution is 2.27. The Morgan fingerprint density at radius 1 is 1.22 bits per heavy atom. The first-order valence-corrected chi connectivity index (χ1v) is 6.24. The number of hydrogen-bond donors (Lipinski definition) is 3. The van der Waals surface area contributed by atoms with Gasteiger partial charge in [-0.2, -0.15) is 4.39 Å². The molecule has 0 saturated heterocycles. The number of carboxylic acids is 2. The molecule has 0 spiro atoms. The third-order valence-corrected chi connectivity index (χ3v) is 2.63. The SMILES string of the molecule is CCOc1c(F)c(F)cc(C(=O)NC(CC(=O)O)C(=O)O)c1F. The normalized spacial score (nSPS) is 11.7. The molecule has 0 bridgehead atoms. The smallest absolute Gasteiger partial charge is 0.326 e. The molecule has 10 heteroatoms. The Morgan fingerprint density at radius 3 is 2.30 bits per heavy atom. The third-order valence-electron chi connectivity index (χ3n) is 2.63. The van der Waals surface area contributed by atoms with E-state index in [1.807, 2.05) is 0 Å². The van der Waals surface area contributed by atoms with Crippen LogP contribution in [-0.2, 0) is 9.59 Å². The van der Waals surface area contributed by atoms with Crippen LogP contribution in [0.3, 0.4) is 0 Å². The van der Waals surface area contributed by atoms with Gasteiger partial charge in [-0.25, -0.2) is 13.6 Å². The second-order valence-corrected chi connectivity index (χ2v) is 4.26. The van der Waals surface area contributed by atoms with Crippen molar-refractivity contribution in [2.75, 3.05) is 6.61 Å². The predicted molar refractivity (Wildman–Crippen MR) is 68.6 cm³/mol. The Balaban J connectivity index is 3.17. The van der Waals surface area contributed by atoms with Gasteiger partial charge in [0.15, 0.2) is 17.4 Å². The zero-order valence-corrected chi connectivity index (χ0v) is 11.7. The topological polar surface area (TPSA) is 113 Å². The van der Waals surface area contributed by atoms with Crippen LogP contribution in [0.15, 0.2) is 6.07 Å². The van der Waals surface area contributed by atoms with Crippen LogP contribution in [0.5, 0.6) is 5.75 Å². The predicted octanol–water partition coefficient (Wildman–Crippen LogP) is 1.16. The van der Waals surface area contributed by atoms with Gasteiger partial charge in [-0.1, -0.05) is 0 Å². The van der Waals surface area contributed by atoms with Crippen molar-refractivity contribution < 1.29 is 42.5 Å². The fourth-order valence-corrected chi connectivity index (χ4v) is 1.63. The molecule has 7 nitrogen and oxygen atoms in total. The number of nitrogens with one attached hydrogen (secondary N) is 1. The summed E-state index contributed by atoms with van der Waals surface area (Å²) in [6.07, 6.45) is -0.981. The van der Waals surface area contributed by atoms with Crippen molar-refractivity contribution in [3.63, 3.8) is 0 Å². The molecule has 0 radical (unpaired) electrons. The van der Waals surface area contributed by atoms with Gasteiger partial charge >= 0.3 is 11.9 Å². The molecule has 0 heterocycles. The zero-order chi connectivity index (χ0) is 17.7. The van der Waals surface area contributed by atoms with Gasteiger partial charge in [-0.3, -0.25) is 9.59 Å². The highest BCUT2D eigenvalue weighted by molar-refractivity contribution is 5.98. The molecule has 1 aromatic carbocycles. The lowest BCUT2D eigenvalue weighted by Crippen LogP contribution is -2.42. The van der Waals surface area contributed by atoms with Crippen LogP contribution in [0.2, 0.25) is 0 Å². The molecule has 23 heavy (non-hydrogen) atoms. The Labute approximate surface area is 127 Å². The van der Waals surface area contributed by atoms with E-state index in [2.05, 4.69) is 4.74 Å². The number of hydrogen-bond acceptors (Lipinski definition) is 4. The van der Waals surface area contributed by atoms with Crippen LogP contribution >= 0.6 is 0 Å². The summed E-state index contributed by atoms with van der Waals surface area (Å²) in [5.41, 5.74) is -1.01. The van der Waals surface area contributed by atoms with Crippen LogP contribution in [0, 0.1) is 17.5 Å². The molecule has 0 aromatic heterocycles. The molecule has 0 aliphatic carbocycles. The molecular formula is C13H12F3NO6. The minimum atomic E-state index is -1.87. The molecule has 1 unspecified atom stereocenters. The van der Waals surface area contributed by atoms with Gasteiger partial charge in [-0.15, -0.1) is 0 Å². The van der Waals surface area contributed by atoms with E-state index in [-0.39, 0.29) is 12.7 Å². The van der Waals surface area contributed by atoms with Crippen LogP contribution in [0.25, 0.3) is 0 Å². The standard InChI is InChI=1S/C13H12F3NO6/c1-2-23-11-9(15)5(3-6(14)10(11)16)12(20)17-7(13(21)22)4-8(18)19/h3,7H,2,4H2,1H3,(H,17,20)(H,18,19)(H,21,22). The molecule has 0 aliphatic heterocycles. The van der Waals surface area contributed by atoms with Crippen molar-refractivity contribution in [2.45, 2.75) is 19.4 Å². The summed E-state index contributed by atoms with van der Waals surface area (Å²) < 4.78 is 45.4. The van der Waals surface area contributed by atoms with Gasteiger partial charge in [0.1, 0.15) is 6.04 Å². The Kier molecular flexibility index (Phi) is 5.94. The van der Waals surface area contributed by atoms with E-state index in [9.17, 15) is 27.6 Å². The molecule has 126 valence electrons. The number of amides is 1. The molecule has 1 rings (SSSR count). The average molecular weight is 335 g/mol. The Bertz CT molecular complexity index is 649. The number of aliphatic carboxylic acids is 2. The maximum atomic E-state index is 14.0. The molecule has 0 aliphatic rings. The fourth-order valence-electron chi connectivity index (χ4n) is 1.63. The molecule has 3 N–H and O–H groups in total. The summed E-state index contributed by atoms with van der Waals surface area (Å²) in [4.78, 5) is 33.2. The largest absolute Gasteiger partial charge is 0.488 e. The lowest BCUT2D eigenvalue weighted by molar-refractivity contribution is -0.145. The number of halogens is 3. The van der Waals surface area contributed by atoms with Crippen molar-refractivity contribution in [1.82, 2.24) is 5.32 Å². The summed E-state index contributed by atoms with van der Waals surface area (Å²) in [5, 5.41) is 19.1. The quantitative estimate of drug-likeness (QED) is 0.645. The maximum Gasteiger partial charge on any atom is 0.326 e. The van der Waals surface area contributed by atoms with Crippen molar-refractivity contribution in [1.29, 1.82) is 0 Å². The van der Waals surface area contributed by atoms with E-state index in [1.165, 1.54) is 6.92 Å². The van der Waals surface area contributed by atoms with Crippen LogP contribution in [0.4, 0.5) is 13.2 Å². The fraction of sp³-hybridized carbons (Fsp3) is 0.308. The molecule has 1 aromatic rings. The summed E-state index contributed by atoms with van der Waals surface area (Å²) in [7, 11) is 0. The summed E-state index contributed by atoms with van der Waals surface area (Å²) in [6.45, 7) is 1.16. The van der Waals surface area contributed by atoms with E-state index >= 15 is 0 Å². The number of carbonyl (C=O) groups excluding carboxylic acids is 1. The number of ether oxygens (including phenoxy) is 1. The van der Waals surface area contributed by atoms with Gasteiger partial charge in [0, 0.05) is 0 Å². The first-order valence-electron chi connectivity index (χ1n) is 6.24. The maximum absolute atomic E-state index is 14.0. The number of carboxylic acid groups (broad SMARTS) is 2. The van der Waals surface area contributed by atoms with Gasteiger partial charge in [-0.05, 0) is 13.0 Å². The summed E-state index contributed by atoms with van der Waals surface area (Å²) in [5.74, 6) is -10.5. The Morgan fingerprint density at radius 2 is 1.83 bits per heavy atom. The lowest BCUT2D eigenvalue weighted by Gasteiger charge is -2.14. The zero-order valence-electron chi connectivity index (χ0n) is 11.7. The van der Waals surface area contributed by atoms with Crippen molar-refractivity contribution >= 4 is 17.8 Å². The van der Waals surface area contributed by atoms with Crippen LogP contribution in [-0.4, -0.2) is 40.7 Å². The van der Waals surface area contributed by atoms with Gasteiger partial charge < -0.3 is 20.3 Å². The van der Waals surface area contributed by atoms with Crippen molar-refractivity contribution in [3.05, 3.63) is 29.1 Å². The second-order valence-electron chi connectivity index (χ2n) is 4.26. The first kappa shape index (κ1) is 18.3. The minimum absolute atomic E-state index is 0.213. The van der Waals surface area contributed by atoms with E-state index in [1.54, 1.807) is 5.32 Å². The number of benzene rings is 1. The van der Waals surface area contributed by atoms with Crippen molar-refractivity contribution in [3.8, 4) is 5.75 Å².